The third-order valence-corrected chi connectivity index (χ3v) is 3.12. The molecule has 0 amide bonds. The fourth-order valence-electron chi connectivity index (χ4n) is 1.47. The van der Waals surface area contributed by atoms with Gasteiger partial charge in [0, 0.05) is 17.4 Å². The SMILES string of the molecule is O=[N+]([O-])c1ccc(Nc2cccc(F)c2)cc1I. The zero-order chi connectivity index (χ0) is 13.1. The average molecular weight is 358 g/mol. The molecule has 0 saturated carbocycles. The van der Waals surface area contributed by atoms with Crippen molar-refractivity contribution >= 4 is 39.7 Å². The molecule has 0 unspecified atom stereocenters. The van der Waals surface area contributed by atoms with Crippen molar-refractivity contribution in [2.45, 2.75) is 0 Å². The van der Waals surface area contributed by atoms with E-state index < -0.39 is 4.92 Å². The molecule has 0 saturated heterocycles. The van der Waals surface area contributed by atoms with Crippen LogP contribution in [0.5, 0.6) is 0 Å². The number of nitrogens with zero attached hydrogens (tertiary/aromatic N) is 1. The molecule has 0 heterocycles. The molecule has 0 spiro atoms. The zero-order valence-corrected chi connectivity index (χ0v) is 11.2. The number of rotatable bonds is 3. The first-order valence-corrected chi connectivity index (χ1v) is 6.10. The van der Waals surface area contributed by atoms with Crippen LogP contribution in [0.25, 0.3) is 0 Å². The van der Waals surface area contributed by atoms with E-state index in [2.05, 4.69) is 5.32 Å². The van der Waals surface area contributed by atoms with Gasteiger partial charge in [-0.25, -0.2) is 4.39 Å². The number of benzene rings is 2. The van der Waals surface area contributed by atoms with Crippen molar-refractivity contribution in [1.29, 1.82) is 0 Å². The smallest absolute Gasteiger partial charge is 0.282 e. The molecule has 0 aliphatic carbocycles. The van der Waals surface area contributed by atoms with Crippen LogP contribution in [0.15, 0.2) is 42.5 Å². The Morgan fingerprint density at radius 2 is 1.89 bits per heavy atom. The maximum absolute atomic E-state index is 13.0. The van der Waals surface area contributed by atoms with Crippen molar-refractivity contribution in [2.75, 3.05) is 5.32 Å². The van der Waals surface area contributed by atoms with Crippen molar-refractivity contribution in [1.82, 2.24) is 0 Å². The molecule has 0 aromatic heterocycles. The Labute approximate surface area is 116 Å². The second kappa shape index (κ2) is 5.30. The Kier molecular flexibility index (Phi) is 3.75. The minimum absolute atomic E-state index is 0.0559. The lowest BCUT2D eigenvalue weighted by molar-refractivity contribution is -0.385. The number of nitro groups is 1. The molecule has 0 fully saturated rings. The highest BCUT2D eigenvalue weighted by Gasteiger charge is 2.11. The molecule has 0 atom stereocenters. The van der Waals surface area contributed by atoms with Crippen molar-refractivity contribution in [3.8, 4) is 0 Å². The summed E-state index contributed by atoms with van der Waals surface area (Å²) in [4.78, 5) is 10.2. The minimum atomic E-state index is -0.437. The number of hydrogen-bond acceptors (Lipinski definition) is 3. The van der Waals surface area contributed by atoms with Crippen LogP contribution in [0.3, 0.4) is 0 Å². The van der Waals surface area contributed by atoms with Gasteiger partial charge in [0.1, 0.15) is 5.82 Å². The highest BCUT2D eigenvalue weighted by atomic mass is 127. The molecule has 0 aliphatic rings. The second-order valence-electron chi connectivity index (χ2n) is 3.56. The van der Waals surface area contributed by atoms with E-state index in [0.29, 0.717) is 14.9 Å². The Bertz CT molecular complexity index is 604. The number of nitrogens with one attached hydrogen (secondary N) is 1. The molecule has 0 bridgehead atoms. The first-order chi connectivity index (χ1) is 8.56. The van der Waals surface area contributed by atoms with Gasteiger partial charge in [-0.1, -0.05) is 6.07 Å². The van der Waals surface area contributed by atoms with Crippen LogP contribution in [-0.4, -0.2) is 4.92 Å². The van der Waals surface area contributed by atoms with E-state index in [1.54, 1.807) is 24.3 Å². The van der Waals surface area contributed by atoms with Gasteiger partial charge in [0.25, 0.3) is 5.69 Å². The molecular formula is C12H8FIN2O2. The number of anilines is 2. The molecule has 2 aromatic rings. The highest BCUT2D eigenvalue weighted by molar-refractivity contribution is 14.1. The van der Waals surface area contributed by atoms with Crippen LogP contribution in [0.2, 0.25) is 0 Å². The van der Waals surface area contributed by atoms with E-state index in [0.717, 1.165) is 0 Å². The van der Waals surface area contributed by atoms with E-state index in [4.69, 9.17) is 0 Å². The van der Waals surface area contributed by atoms with E-state index in [1.807, 2.05) is 22.6 Å². The lowest BCUT2D eigenvalue weighted by Crippen LogP contribution is -1.95. The maximum Gasteiger partial charge on any atom is 0.282 e. The summed E-state index contributed by atoms with van der Waals surface area (Å²) in [6, 6.07) is 10.7. The molecule has 0 aliphatic heterocycles. The topological polar surface area (TPSA) is 55.2 Å². The first kappa shape index (κ1) is 12.7. The molecule has 92 valence electrons. The van der Waals surface area contributed by atoms with Crippen molar-refractivity contribution in [2.24, 2.45) is 0 Å². The van der Waals surface area contributed by atoms with Crippen LogP contribution >= 0.6 is 22.6 Å². The molecule has 1 N–H and O–H groups in total. The van der Waals surface area contributed by atoms with Gasteiger partial charge in [0.15, 0.2) is 0 Å². The monoisotopic (exact) mass is 358 g/mol. The van der Waals surface area contributed by atoms with Crippen molar-refractivity contribution in [3.63, 3.8) is 0 Å². The standard InChI is InChI=1S/C12H8FIN2O2/c13-8-2-1-3-9(6-8)15-10-4-5-12(16(17)18)11(14)7-10/h1-7,15H. The van der Waals surface area contributed by atoms with Gasteiger partial charge in [0.2, 0.25) is 0 Å². The molecular weight excluding hydrogens is 350 g/mol. The lowest BCUT2D eigenvalue weighted by Gasteiger charge is -2.06. The molecule has 0 radical (unpaired) electrons. The molecule has 2 rings (SSSR count). The summed E-state index contributed by atoms with van der Waals surface area (Å²) in [6.45, 7) is 0. The largest absolute Gasteiger partial charge is 0.355 e. The van der Waals surface area contributed by atoms with Gasteiger partial charge in [-0.3, -0.25) is 10.1 Å². The van der Waals surface area contributed by atoms with Crippen LogP contribution in [0.1, 0.15) is 0 Å². The Morgan fingerprint density at radius 3 is 2.50 bits per heavy atom. The van der Waals surface area contributed by atoms with Gasteiger partial charge in [-0.15, -0.1) is 0 Å². The van der Waals surface area contributed by atoms with E-state index in [1.165, 1.54) is 18.2 Å². The van der Waals surface area contributed by atoms with Gasteiger partial charge >= 0.3 is 0 Å². The molecule has 6 heteroatoms. The van der Waals surface area contributed by atoms with Gasteiger partial charge in [-0.05, 0) is 52.9 Å². The van der Waals surface area contributed by atoms with Crippen LogP contribution in [0, 0.1) is 19.5 Å². The molecule has 2 aromatic carbocycles. The van der Waals surface area contributed by atoms with Crippen LogP contribution in [0.4, 0.5) is 21.5 Å². The third kappa shape index (κ3) is 2.95. The summed E-state index contributed by atoms with van der Waals surface area (Å²) in [5.74, 6) is -0.336. The quantitative estimate of drug-likeness (QED) is 0.511. The van der Waals surface area contributed by atoms with E-state index in [-0.39, 0.29) is 11.5 Å². The average Bonchev–Trinajstić information content (AvgIpc) is 2.28. The van der Waals surface area contributed by atoms with E-state index in [9.17, 15) is 14.5 Å². The number of hydrogen-bond donors (Lipinski definition) is 1. The third-order valence-electron chi connectivity index (χ3n) is 2.26. The summed E-state index contributed by atoms with van der Waals surface area (Å²) in [6.07, 6.45) is 0. The molecule has 4 nitrogen and oxygen atoms in total. The Balaban J connectivity index is 2.25. The highest BCUT2D eigenvalue weighted by Crippen LogP contribution is 2.26. The predicted octanol–water partition coefficient (Wildman–Crippen LogP) is 4.08. The zero-order valence-electron chi connectivity index (χ0n) is 9.06. The van der Waals surface area contributed by atoms with Gasteiger partial charge in [-0.2, -0.15) is 0 Å². The predicted molar refractivity (Wildman–Crippen MR) is 75.5 cm³/mol. The summed E-state index contributed by atoms with van der Waals surface area (Å²) in [7, 11) is 0. The second-order valence-corrected chi connectivity index (χ2v) is 4.72. The summed E-state index contributed by atoms with van der Waals surface area (Å²) in [5, 5.41) is 13.7. The first-order valence-electron chi connectivity index (χ1n) is 5.03. The minimum Gasteiger partial charge on any atom is -0.355 e. The van der Waals surface area contributed by atoms with Gasteiger partial charge in [0.05, 0.1) is 8.49 Å². The normalized spacial score (nSPS) is 10.1. The lowest BCUT2D eigenvalue weighted by atomic mass is 10.2. The van der Waals surface area contributed by atoms with Crippen LogP contribution < -0.4 is 5.32 Å². The Hall–Kier alpha value is -1.70. The van der Waals surface area contributed by atoms with Crippen LogP contribution in [-0.2, 0) is 0 Å². The van der Waals surface area contributed by atoms with E-state index >= 15 is 0 Å². The maximum atomic E-state index is 13.0. The summed E-state index contributed by atoms with van der Waals surface area (Å²) >= 11 is 1.89. The van der Waals surface area contributed by atoms with Crippen molar-refractivity contribution in [3.05, 3.63) is 62.0 Å². The Morgan fingerprint density at radius 1 is 1.17 bits per heavy atom. The fraction of sp³-hybridized carbons (Fsp3) is 0. The molecule has 18 heavy (non-hydrogen) atoms. The number of halogens is 2. The number of nitro benzene ring substituents is 1. The summed E-state index contributed by atoms with van der Waals surface area (Å²) in [5.41, 5.74) is 1.33. The van der Waals surface area contributed by atoms with Gasteiger partial charge < -0.3 is 5.32 Å². The summed E-state index contributed by atoms with van der Waals surface area (Å²) < 4.78 is 13.5. The fourth-order valence-corrected chi connectivity index (χ4v) is 2.18. The van der Waals surface area contributed by atoms with Crippen molar-refractivity contribution < 1.29 is 9.31 Å².